The first-order valence-corrected chi connectivity index (χ1v) is 2.45. The summed E-state index contributed by atoms with van der Waals surface area (Å²) in [5.41, 5.74) is 0. The van der Waals surface area contributed by atoms with Gasteiger partial charge in [-0.3, -0.25) is 0 Å². The van der Waals surface area contributed by atoms with Gasteiger partial charge in [0, 0.05) is 0 Å². The molecule has 0 saturated heterocycles. The van der Waals surface area contributed by atoms with Crippen LogP contribution in [0, 0.1) is 0 Å². The molecule has 0 aliphatic heterocycles. The Balaban J connectivity index is -0.0000000800. The van der Waals surface area contributed by atoms with E-state index in [1.54, 1.807) is 0 Å². The molecule has 0 aromatic carbocycles. The summed E-state index contributed by atoms with van der Waals surface area (Å²) < 4.78 is 0. The van der Waals surface area contributed by atoms with Crippen molar-refractivity contribution < 1.29 is 24.7 Å². The average molecular weight is 138 g/mol. The molecule has 7 heavy (non-hydrogen) atoms. The van der Waals surface area contributed by atoms with Crippen LogP contribution < -0.4 is 19.2 Å². The van der Waals surface area contributed by atoms with Gasteiger partial charge >= 0.3 is 11.0 Å². The van der Waals surface area contributed by atoms with Crippen LogP contribution in [0.1, 0.15) is 0 Å². The van der Waals surface area contributed by atoms with Crippen molar-refractivity contribution >= 4 is 20.0 Å². The monoisotopic (exact) mass is 138 g/mol. The molecule has 0 spiro atoms. The van der Waals surface area contributed by atoms with Gasteiger partial charge in [-0.1, -0.05) is 0 Å². The third-order valence-electron chi connectivity index (χ3n) is 0. The van der Waals surface area contributed by atoms with E-state index < -0.39 is 9.05 Å². The van der Waals surface area contributed by atoms with E-state index in [4.69, 9.17) is 19.2 Å². The van der Waals surface area contributed by atoms with Gasteiger partial charge in [0.1, 0.15) is 0 Å². The standard InChI is InChI=1S/O4Si.H2O.Si/c1-5(2,3)4;;/h;1H2;/q-4;;+4. The third kappa shape index (κ3) is 2040. The Morgan fingerprint density at radius 3 is 0.857 bits per heavy atom. The minimum atomic E-state index is -5.61. The van der Waals surface area contributed by atoms with E-state index >= 15 is 0 Å². The average Bonchev–Trinajstić information content (AvgIpc) is 0.722. The zero-order chi connectivity index (χ0) is 4.50. The van der Waals surface area contributed by atoms with Crippen molar-refractivity contribution in [3.05, 3.63) is 0 Å². The quantitative estimate of drug-likeness (QED) is 0.309. The van der Waals surface area contributed by atoms with Crippen molar-refractivity contribution in [3.8, 4) is 0 Å². The molecule has 5 nitrogen and oxygen atoms in total. The molecule has 40 valence electrons. The predicted molar refractivity (Wildman–Crippen MR) is 15.1 cm³/mol. The van der Waals surface area contributed by atoms with Crippen LogP contribution in [-0.4, -0.2) is 25.5 Å². The maximum Gasteiger partial charge on any atom is 4.00 e. The summed E-state index contributed by atoms with van der Waals surface area (Å²) in [5, 5.41) is 0. The molecule has 0 bridgehead atoms. The van der Waals surface area contributed by atoms with Gasteiger partial charge in [0.2, 0.25) is 0 Å². The molecule has 0 unspecified atom stereocenters. The second kappa shape index (κ2) is 4.39. The van der Waals surface area contributed by atoms with E-state index in [-0.39, 0.29) is 16.4 Å². The zero-order valence-corrected chi connectivity index (χ0v) is 5.13. The van der Waals surface area contributed by atoms with Crippen molar-refractivity contribution in [2.24, 2.45) is 0 Å². The van der Waals surface area contributed by atoms with E-state index in [2.05, 4.69) is 0 Å². The van der Waals surface area contributed by atoms with Crippen LogP contribution in [0.25, 0.3) is 0 Å². The van der Waals surface area contributed by atoms with Crippen LogP contribution in [-0.2, 0) is 0 Å². The summed E-state index contributed by atoms with van der Waals surface area (Å²) in [6, 6.07) is 0. The van der Waals surface area contributed by atoms with Gasteiger partial charge in [0.15, 0.2) is 0 Å². The van der Waals surface area contributed by atoms with E-state index in [1.165, 1.54) is 0 Å². The first-order chi connectivity index (χ1) is 2.00. The summed E-state index contributed by atoms with van der Waals surface area (Å²) in [6.45, 7) is 0. The molecule has 2 N–H and O–H groups in total. The van der Waals surface area contributed by atoms with Crippen LogP contribution in [0.5, 0.6) is 0 Å². The van der Waals surface area contributed by atoms with Gasteiger partial charge in [0.25, 0.3) is 0 Å². The Morgan fingerprint density at radius 1 is 0.857 bits per heavy atom. The Morgan fingerprint density at radius 2 is 0.857 bits per heavy atom. The van der Waals surface area contributed by atoms with Crippen molar-refractivity contribution in [3.63, 3.8) is 0 Å². The van der Waals surface area contributed by atoms with E-state index in [0.29, 0.717) is 0 Å². The van der Waals surface area contributed by atoms with Crippen molar-refractivity contribution in [1.82, 2.24) is 0 Å². The molecule has 0 rings (SSSR count). The topological polar surface area (TPSA) is 124 Å². The molecule has 0 heterocycles. The summed E-state index contributed by atoms with van der Waals surface area (Å²) in [7, 11) is -5.61. The number of hydrogen-bond acceptors (Lipinski definition) is 4. The molecule has 0 saturated carbocycles. The zero-order valence-electron chi connectivity index (χ0n) is 3.13. The SMILES string of the molecule is O.[O-][Si]([O-])([O-])[O-].[Si+4]. The second-order valence-electron chi connectivity index (χ2n) is 0.500. The second-order valence-corrected chi connectivity index (χ2v) is 1.50. The maximum absolute atomic E-state index is 8.58. The fourth-order valence-corrected chi connectivity index (χ4v) is 0. The van der Waals surface area contributed by atoms with Crippen LogP contribution in [0.15, 0.2) is 0 Å². The van der Waals surface area contributed by atoms with Gasteiger partial charge < -0.3 is 33.7 Å². The molecule has 0 aromatic rings. The molecule has 0 aromatic heterocycles. The predicted octanol–water partition coefficient (Wildman–Crippen LogP) is -6.34. The fraction of sp³-hybridized carbons (Fsp3) is 0. The van der Waals surface area contributed by atoms with Gasteiger partial charge in [-0.25, -0.2) is 0 Å². The van der Waals surface area contributed by atoms with Crippen molar-refractivity contribution in [2.75, 3.05) is 0 Å². The molecule has 0 fully saturated rings. The summed E-state index contributed by atoms with van der Waals surface area (Å²) in [5.74, 6) is 0. The Kier molecular flexibility index (Phi) is 9.84. The molecule has 0 amide bonds. The van der Waals surface area contributed by atoms with Crippen LogP contribution >= 0.6 is 0 Å². The minimum absolute atomic E-state index is 0. The van der Waals surface area contributed by atoms with Crippen molar-refractivity contribution in [1.29, 1.82) is 0 Å². The molecular weight excluding hydrogens is 136 g/mol. The molecule has 7 heteroatoms. The summed E-state index contributed by atoms with van der Waals surface area (Å²) in [4.78, 5) is 34.3. The van der Waals surface area contributed by atoms with Crippen LogP contribution in [0.2, 0.25) is 0 Å². The van der Waals surface area contributed by atoms with E-state index in [9.17, 15) is 0 Å². The Labute approximate surface area is 45.7 Å². The molecule has 0 atom stereocenters. The third-order valence-corrected chi connectivity index (χ3v) is 0. The Hall–Kier alpha value is 0.234. The number of rotatable bonds is 0. The normalized spacial score (nSPS) is 8.57. The van der Waals surface area contributed by atoms with Crippen LogP contribution in [0.4, 0.5) is 0 Å². The molecule has 0 radical (unpaired) electrons. The smallest absolute Gasteiger partial charge is 0.894 e. The van der Waals surface area contributed by atoms with Crippen LogP contribution in [0.3, 0.4) is 0 Å². The first-order valence-electron chi connectivity index (χ1n) is 0.816. The maximum atomic E-state index is 8.58. The largest absolute Gasteiger partial charge is 4.00 e. The van der Waals surface area contributed by atoms with E-state index in [1.807, 2.05) is 0 Å². The van der Waals surface area contributed by atoms with Gasteiger partial charge in [0.05, 0.1) is 0 Å². The fourth-order valence-electron chi connectivity index (χ4n) is 0. The van der Waals surface area contributed by atoms with Gasteiger partial charge in [-0.05, 0) is 0 Å². The summed E-state index contributed by atoms with van der Waals surface area (Å²) >= 11 is 0. The summed E-state index contributed by atoms with van der Waals surface area (Å²) in [6.07, 6.45) is 0. The Bertz CT molecular complexity index is 21.6. The molecular formula is H2O5Si2. The van der Waals surface area contributed by atoms with Gasteiger partial charge in [-0.15, -0.1) is 0 Å². The molecule has 0 aliphatic carbocycles. The minimum Gasteiger partial charge on any atom is -0.894 e. The van der Waals surface area contributed by atoms with Gasteiger partial charge in [-0.2, -0.15) is 0 Å². The molecule has 0 aliphatic rings. The number of hydrogen-bond donors (Lipinski definition) is 0. The van der Waals surface area contributed by atoms with E-state index in [0.717, 1.165) is 0 Å². The first kappa shape index (κ1) is 15.7. The van der Waals surface area contributed by atoms with Crippen molar-refractivity contribution in [2.45, 2.75) is 0 Å².